The van der Waals surface area contributed by atoms with Crippen LogP contribution in [0.4, 0.5) is 0 Å². The van der Waals surface area contributed by atoms with E-state index in [9.17, 15) is 0 Å². The van der Waals surface area contributed by atoms with Gasteiger partial charge in [-0.15, -0.1) is 54.1 Å². The van der Waals surface area contributed by atoms with E-state index >= 15 is 0 Å². The molecule has 0 saturated heterocycles. The van der Waals surface area contributed by atoms with Crippen LogP contribution in [0.3, 0.4) is 0 Å². The summed E-state index contributed by atoms with van der Waals surface area (Å²) in [6, 6.07) is 50.9. The number of pyridine rings is 2. The molecule has 3 heterocycles. The van der Waals surface area contributed by atoms with Gasteiger partial charge in [-0.05, 0) is 75.6 Å². The van der Waals surface area contributed by atoms with Gasteiger partial charge < -0.3 is 14.4 Å². The van der Waals surface area contributed by atoms with Crippen LogP contribution in [0.25, 0.3) is 66.7 Å². The van der Waals surface area contributed by atoms with Crippen LogP contribution in [0.1, 0.15) is 38.8 Å². The summed E-state index contributed by atoms with van der Waals surface area (Å²) in [4.78, 5) is 9.33. The van der Waals surface area contributed by atoms with E-state index in [-0.39, 0.29) is 20.1 Å². The molecule has 0 spiro atoms. The molecule has 8 aromatic rings. The van der Waals surface area contributed by atoms with Crippen LogP contribution in [0.5, 0.6) is 0 Å². The maximum atomic E-state index is 6.44. The maximum absolute atomic E-state index is 6.44. The van der Waals surface area contributed by atoms with Crippen LogP contribution < -0.4 is 5.19 Å². The van der Waals surface area contributed by atoms with Crippen molar-refractivity contribution in [2.45, 2.75) is 60.2 Å². The van der Waals surface area contributed by atoms with Crippen molar-refractivity contribution in [3.8, 4) is 44.8 Å². The zero-order valence-corrected chi connectivity index (χ0v) is 36.9. The summed E-state index contributed by atoms with van der Waals surface area (Å²) in [5.74, 6) is 1.26. The minimum Gasteiger partial charge on any atom is -0.501 e. The normalized spacial score (nSPS) is 11.4. The van der Waals surface area contributed by atoms with Crippen LogP contribution >= 0.6 is 0 Å². The Hall–Kier alpha value is -4.93. The molecule has 0 saturated carbocycles. The van der Waals surface area contributed by atoms with Crippen molar-refractivity contribution >= 4 is 35.2 Å². The van der Waals surface area contributed by atoms with Gasteiger partial charge >= 0.3 is 0 Å². The van der Waals surface area contributed by atoms with Crippen molar-refractivity contribution in [3.05, 3.63) is 163 Å². The summed E-state index contributed by atoms with van der Waals surface area (Å²) in [7, 11) is -1.34. The number of benzene rings is 5. The molecule has 3 aromatic heterocycles. The molecule has 3 nitrogen and oxygen atoms in total. The minimum atomic E-state index is -1.34. The molecular formula is C51H50IrN2OSi-2. The maximum Gasteiger partial charge on any atom is 0.121 e. The summed E-state index contributed by atoms with van der Waals surface area (Å²) in [6.45, 7) is 16.2. The number of rotatable bonds is 9. The van der Waals surface area contributed by atoms with E-state index in [1.54, 1.807) is 0 Å². The minimum absolute atomic E-state index is 0. The van der Waals surface area contributed by atoms with Gasteiger partial charge in [0.2, 0.25) is 0 Å². The molecule has 5 heteroatoms. The number of aromatic nitrogens is 2. The van der Waals surface area contributed by atoms with Gasteiger partial charge in [-0.3, -0.25) is 0 Å². The van der Waals surface area contributed by atoms with Crippen molar-refractivity contribution in [1.29, 1.82) is 0 Å². The number of furan rings is 1. The van der Waals surface area contributed by atoms with Crippen LogP contribution in [0.15, 0.2) is 144 Å². The van der Waals surface area contributed by atoms with Crippen molar-refractivity contribution in [1.82, 2.24) is 9.97 Å². The fourth-order valence-electron chi connectivity index (χ4n) is 7.29. The van der Waals surface area contributed by atoms with E-state index < -0.39 is 8.07 Å². The largest absolute Gasteiger partial charge is 0.501 e. The topological polar surface area (TPSA) is 38.9 Å². The molecule has 0 amide bonds. The van der Waals surface area contributed by atoms with Gasteiger partial charge in [0.25, 0.3) is 0 Å². The zero-order chi connectivity index (χ0) is 38.5. The Morgan fingerprint density at radius 1 is 0.607 bits per heavy atom. The zero-order valence-electron chi connectivity index (χ0n) is 33.5. The summed E-state index contributed by atoms with van der Waals surface area (Å²) in [5.41, 5.74) is 13.2. The standard InChI is InChI=1S/C33H26NO.C18H24NSi.Ir/c1-22(2)19-23-17-18-34-31(20-23)30-10-6-9-29-28-16-15-27(21-32(28)35-33(29)30)26-13-11-25(12-14-26)24-7-4-3-5-8-24;1-14(2)11-16-12-17(15-9-7-6-8-10-15)19-13-18(16)20(3,4)5;/h3-9,11-18,20-22H,19H2,1-2H3;6-9,12-14H,11H2,1-5H3;/q2*-1;. The van der Waals surface area contributed by atoms with E-state index in [0.29, 0.717) is 11.8 Å². The Bertz CT molecular complexity index is 2520. The number of hydrogen-bond acceptors (Lipinski definition) is 3. The van der Waals surface area contributed by atoms with Crippen LogP contribution in [-0.4, -0.2) is 18.0 Å². The molecule has 5 aromatic carbocycles. The molecule has 56 heavy (non-hydrogen) atoms. The third-order valence-electron chi connectivity index (χ3n) is 9.89. The Kier molecular flexibility index (Phi) is 13.0. The van der Waals surface area contributed by atoms with Gasteiger partial charge in [0.05, 0.1) is 13.7 Å². The van der Waals surface area contributed by atoms with Gasteiger partial charge in [0.1, 0.15) is 5.58 Å². The molecule has 0 fully saturated rings. The summed E-state index contributed by atoms with van der Waals surface area (Å²) in [6.07, 6.45) is 6.15. The van der Waals surface area contributed by atoms with E-state index in [1.807, 2.05) is 36.5 Å². The van der Waals surface area contributed by atoms with Crippen LogP contribution in [0.2, 0.25) is 19.6 Å². The first-order valence-electron chi connectivity index (χ1n) is 19.5. The molecule has 285 valence electrons. The molecule has 0 N–H and O–H groups in total. The third-order valence-corrected chi connectivity index (χ3v) is 12.0. The van der Waals surface area contributed by atoms with Crippen molar-refractivity contribution < 1.29 is 24.5 Å². The average Bonchev–Trinajstić information content (AvgIpc) is 3.56. The van der Waals surface area contributed by atoms with E-state index in [4.69, 9.17) is 4.42 Å². The molecule has 1 radical (unpaired) electrons. The Balaban J connectivity index is 0.000000217. The number of hydrogen-bond donors (Lipinski definition) is 0. The van der Waals surface area contributed by atoms with Crippen LogP contribution in [-0.2, 0) is 32.9 Å². The second-order valence-electron chi connectivity index (χ2n) is 16.4. The van der Waals surface area contributed by atoms with Crippen LogP contribution in [0, 0.1) is 24.0 Å². The Morgan fingerprint density at radius 2 is 1.29 bits per heavy atom. The average molecular weight is 927 g/mol. The SMILES string of the molecule is CC(C)Cc1cc(-c2[c-]cccc2)ncc1[Si](C)(C)C.CC(C)Cc1ccnc(-c2[c-]ccc3c2oc2cc(-c4ccc(-c5ccccc5)cc4)ccc23)c1.[Ir]. The first kappa shape index (κ1) is 40.7. The monoisotopic (exact) mass is 927 g/mol. The summed E-state index contributed by atoms with van der Waals surface area (Å²) >= 11 is 0. The second-order valence-corrected chi connectivity index (χ2v) is 21.4. The summed E-state index contributed by atoms with van der Waals surface area (Å²) < 4.78 is 6.44. The molecule has 8 rings (SSSR count). The van der Waals surface area contributed by atoms with Gasteiger partial charge in [-0.25, -0.2) is 0 Å². The first-order chi connectivity index (χ1) is 26.5. The van der Waals surface area contributed by atoms with E-state index in [0.717, 1.165) is 62.9 Å². The van der Waals surface area contributed by atoms with Crippen molar-refractivity contribution in [2.75, 3.05) is 0 Å². The van der Waals surface area contributed by atoms with E-state index in [1.165, 1.54) is 33.0 Å². The van der Waals surface area contributed by atoms with E-state index in [2.05, 4.69) is 173 Å². The van der Waals surface area contributed by atoms with Gasteiger partial charge in [0, 0.05) is 37.9 Å². The Labute approximate surface area is 347 Å². The van der Waals surface area contributed by atoms with Gasteiger partial charge in [-0.1, -0.05) is 148 Å². The van der Waals surface area contributed by atoms with Gasteiger partial charge in [0.15, 0.2) is 0 Å². The summed E-state index contributed by atoms with van der Waals surface area (Å²) in [5, 5.41) is 3.69. The fourth-order valence-corrected chi connectivity index (χ4v) is 8.88. The first-order valence-corrected chi connectivity index (χ1v) is 23.0. The smallest absolute Gasteiger partial charge is 0.121 e. The third kappa shape index (κ3) is 9.53. The molecule has 0 aliphatic heterocycles. The predicted octanol–water partition coefficient (Wildman–Crippen LogP) is 13.3. The molecule has 0 atom stereocenters. The van der Waals surface area contributed by atoms with Gasteiger partial charge in [-0.2, -0.15) is 0 Å². The molecule has 0 aliphatic rings. The molecule has 0 aliphatic carbocycles. The number of fused-ring (bicyclic) bond motifs is 3. The van der Waals surface area contributed by atoms with Crippen molar-refractivity contribution in [3.63, 3.8) is 0 Å². The molecule has 0 bridgehead atoms. The molecular weight excluding hydrogens is 877 g/mol. The fraction of sp³-hybridized carbons (Fsp3) is 0.216. The second kappa shape index (κ2) is 17.9. The quantitative estimate of drug-likeness (QED) is 0.107. The number of nitrogens with zero attached hydrogens (tertiary/aromatic N) is 2. The predicted molar refractivity (Wildman–Crippen MR) is 235 cm³/mol. The Morgan fingerprint density at radius 3 is 1.96 bits per heavy atom. The van der Waals surface area contributed by atoms with Crippen molar-refractivity contribution in [2.24, 2.45) is 11.8 Å². The molecule has 0 unspecified atom stereocenters.